The lowest BCUT2D eigenvalue weighted by molar-refractivity contribution is 0.0697. The number of hydrogen-bond donors (Lipinski definition) is 3. The maximum atomic E-state index is 11.2. The summed E-state index contributed by atoms with van der Waals surface area (Å²) >= 11 is 0. The Balaban J connectivity index is 2.24. The van der Waals surface area contributed by atoms with Crippen molar-refractivity contribution in [1.29, 1.82) is 0 Å². The highest BCUT2D eigenvalue weighted by Gasteiger charge is 2.15. The minimum Gasteiger partial charge on any atom is -0.508 e. The van der Waals surface area contributed by atoms with Gasteiger partial charge in [-0.05, 0) is 77.1 Å². The predicted molar refractivity (Wildman–Crippen MR) is 115 cm³/mol. The van der Waals surface area contributed by atoms with E-state index in [1.165, 1.54) is 0 Å². The number of rotatable bonds is 7. The maximum Gasteiger partial charge on any atom is 0.335 e. The molecule has 0 aromatic heterocycles. The Labute approximate surface area is 170 Å². The molecular weight excluding hydrogens is 364 g/mol. The minimum absolute atomic E-state index is 0.194. The summed E-state index contributed by atoms with van der Waals surface area (Å²) in [5, 5.41) is 28.7. The molecule has 0 radical (unpaired) electrons. The van der Waals surface area contributed by atoms with Gasteiger partial charge < -0.3 is 15.3 Å². The molecular formula is C25H24O4. The van der Waals surface area contributed by atoms with Gasteiger partial charge in [-0.3, -0.25) is 0 Å². The van der Waals surface area contributed by atoms with Crippen molar-refractivity contribution in [3.05, 3.63) is 95.1 Å². The first kappa shape index (κ1) is 20.2. The Kier molecular flexibility index (Phi) is 6.35. The molecule has 0 aliphatic heterocycles. The molecule has 0 heterocycles. The van der Waals surface area contributed by atoms with Crippen LogP contribution >= 0.6 is 0 Å². The highest BCUT2D eigenvalue weighted by molar-refractivity contribution is 5.99. The molecule has 0 aliphatic rings. The second-order valence-corrected chi connectivity index (χ2v) is 6.93. The average Bonchev–Trinajstić information content (AvgIpc) is 2.73. The van der Waals surface area contributed by atoms with Crippen molar-refractivity contribution in [2.45, 2.75) is 26.2 Å². The summed E-state index contributed by atoms with van der Waals surface area (Å²) in [5.41, 5.74) is 5.20. The molecule has 4 heteroatoms. The number of carbonyl (C=O) groups is 1. The van der Waals surface area contributed by atoms with Crippen molar-refractivity contribution in [2.24, 2.45) is 0 Å². The summed E-state index contributed by atoms with van der Waals surface area (Å²) < 4.78 is 0. The van der Waals surface area contributed by atoms with E-state index in [-0.39, 0.29) is 17.1 Å². The van der Waals surface area contributed by atoms with E-state index < -0.39 is 5.97 Å². The van der Waals surface area contributed by atoms with E-state index in [1.54, 1.807) is 36.4 Å². The summed E-state index contributed by atoms with van der Waals surface area (Å²) in [4.78, 5) is 11.2. The second-order valence-electron chi connectivity index (χ2n) is 6.93. The predicted octanol–water partition coefficient (Wildman–Crippen LogP) is 5.95. The lowest BCUT2D eigenvalue weighted by atomic mass is 9.86. The standard InChI is InChI=1S/C25H24O4/c1-2-3-4-23(17-5-7-20(8-6-17)25(28)29)24(18-9-13-21(26)14-10-18)19-11-15-22(27)16-12-19/h5-16,26-27H,2-4H2,1H3,(H,28,29). The van der Waals surface area contributed by atoms with Gasteiger partial charge in [0.25, 0.3) is 0 Å². The van der Waals surface area contributed by atoms with Crippen molar-refractivity contribution < 1.29 is 20.1 Å². The number of unbranched alkanes of at least 4 members (excludes halogenated alkanes) is 1. The van der Waals surface area contributed by atoms with E-state index in [4.69, 9.17) is 0 Å². The van der Waals surface area contributed by atoms with Crippen molar-refractivity contribution in [1.82, 2.24) is 0 Å². The van der Waals surface area contributed by atoms with Crippen LogP contribution in [0, 0.1) is 0 Å². The molecule has 0 fully saturated rings. The third-order valence-electron chi connectivity index (χ3n) is 4.87. The highest BCUT2D eigenvalue weighted by Crippen LogP contribution is 2.36. The monoisotopic (exact) mass is 388 g/mol. The smallest absolute Gasteiger partial charge is 0.335 e. The molecule has 0 unspecified atom stereocenters. The molecule has 0 bridgehead atoms. The molecule has 0 spiro atoms. The summed E-state index contributed by atoms with van der Waals surface area (Å²) in [6, 6.07) is 21.0. The first-order valence-electron chi connectivity index (χ1n) is 9.65. The Bertz CT molecular complexity index is 951. The number of aromatic hydroxyl groups is 2. The molecule has 0 saturated carbocycles. The van der Waals surface area contributed by atoms with Gasteiger partial charge >= 0.3 is 5.97 Å². The van der Waals surface area contributed by atoms with Gasteiger partial charge in [0.05, 0.1) is 5.56 Å². The van der Waals surface area contributed by atoms with Gasteiger partial charge in [0.2, 0.25) is 0 Å². The van der Waals surface area contributed by atoms with Crippen LogP contribution in [0.5, 0.6) is 11.5 Å². The number of hydrogen-bond acceptors (Lipinski definition) is 3. The second kappa shape index (κ2) is 9.11. The van der Waals surface area contributed by atoms with E-state index in [2.05, 4.69) is 6.92 Å². The van der Waals surface area contributed by atoms with Crippen LogP contribution in [0.3, 0.4) is 0 Å². The van der Waals surface area contributed by atoms with Crippen molar-refractivity contribution in [3.63, 3.8) is 0 Å². The van der Waals surface area contributed by atoms with Crippen molar-refractivity contribution in [2.75, 3.05) is 0 Å². The van der Waals surface area contributed by atoms with Crippen LogP contribution in [0.4, 0.5) is 0 Å². The first-order chi connectivity index (χ1) is 14.0. The molecule has 29 heavy (non-hydrogen) atoms. The third kappa shape index (κ3) is 4.85. The highest BCUT2D eigenvalue weighted by atomic mass is 16.4. The average molecular weight is 388 g/mol. The third-order valence-corrected chi connectivity index (χ3v) is 4.87. The zero-order valence-electron chi connectivity index (χ0n) is 16.3. The minimum atomic E-state index is -0.951. The molecule has 0 amide bonds. The van der Waals surface area contributed by atoms with Gasteiger partial charge in [-0.2, -0.15) is 0 Å². The molecule has 3 N–H and O–H groups in total. The van der Waals surface area contributed by atoms with Crippen LogP contribution in [-0.4, -0.2) is 21.3 Å². The normalized spacial score (nSPS) is 10.5. The van der Waals surface area contributed by atoms with Crippen LogP contribution in [0.25, 0.3) is 11.1 Å². The Morgan fingerprint density at radius 3 is 1.52 bits per heavy atom. The van der Waals surface area contributed by atoms with E-state index in [1.807, 2.05) is 36.4 Å². The Hall–Kier alpha value is -3.53. The van der Waals surface area contributed by atoms with Gasteiger partial charge in [-0.15, -0.1) is 0 Å². The number of carboxylic acid groups (broad SMARTS) is 1. The number of phenolic OH excluding ortho intramolecular Hbond substituents is 2. The quantitative estimate of drug-likeness (QED) is 0.437. The number of carboxylic acids is 1. The Morgan fingerprint density at radius 2 is 1.10 bits per heavy atom. The van der Waals surface area contributed by atoms with Gasteiger partial charge in [-0.25, -0.2) is 4.79 Å². The van der Waals surface area contributed by atoms with E-state index in [0.29, 0.717) is 0 Å². The van der Waals surface area contributed by atoms with E-state index in [9.17, 15) is 20.1 Å². The fourth-order valence-corrected chi connectivity index (χ4v) is 3.35. The van der Waals surface area contributed by atoms with Crippen LogP contribution in [0.15, 0.2) is 72.8 Å². The summed E-state index contributed by atoms with van der Waals surface area (Å²) in [6.07, 6.45) is 2.82. The number of benzene rings is 3. The SMILES string of the molecule is CCCCC(=C(c1ccc(O)cc1)c1ccc(O)cc1)c1ccc(C(=O)O)cc1. The fourth-order valence-electron chi connectivity index (χ4n) is 3.35. The van der Waals surface area contributed by atoms with Crippen LogP contribution in [0.2, 0.25) is 0 Å². The molecule has 0 saturated heterocycles. The van der Waals surface area contributed by atoms with Gasteiger partial charge in [0.15, 0.2) is 0 Å². The zero-order valence-corrected chi connectivity index (χ0v) is 16.3. The number of aromatic carboxylic acids is 1. The summed E-state index contributed by atoms with van der Waals surface area (Å²) in [5.74, 6) is -0.563. The molecule has 0 aliphatic carbocycles. The molecule has 148 valence electrons. The molecule has 3 rings (SSSR count). The fraction of sp³-hybridized carbons (Fsp3) is 0.160. The zero-order chi connectivity index (χ0) is 20.8. The Morgan fingerprint density at radius 1 is 0.690 bits per heavy atom. The molecule has 3 aromatic carbocycles. The number of phenols is 2. The van der Waals surface area contributed by atoms with Crippen LogP contribution in [0.1, 0.15) is 53.2 Å². The number of allylic oxidation sites excluding steroid dienone is 1. The van der Waals surface area contributed by atoms with E-state index >= 15 is 0 Å². The van der Waals surface area contributed by atoms with E-state index in [0.717, 1.165) is 47.1 Å². The van der Waals surface area contributed by atoms with Crippen LogP contribution < -0.4 is 0 Å². The lowest BCUT2D eigenvalue weighted by Gasteiger charge is -2.18. The van der Waals surface area contributed by atoms with Gasteiger partial charge in [-0.1, -0.05) is 49.7 Å². The first-order valence-corrected chi connectivity index (χ1v) is 9.65. The van der Waals surface area contributed by atoms with Gasteiger partial charge in [0, 0.05) is 0 Å². The topological polar surface area (TPSA) is 77.8 Å². The van der Waals surface area contributed by atoms with Gasteiger partial charge in [0.1, 0.15) is 11.5 Å². The lowest BCUT2D eigenvalue weighted by Crippen LogP contribution is -1.99. The summed E-state index contributed by atoms with van der Waals surface area (Å²) in [7, 11) is 0. The van der Waals surface area contributed by atoms with Crippen molar-refractivity contribution >= 4 is 17.1 Å². The molecule has 4 nitrogen and oxygen atoms in total. The maximum absolute atomic E-state index is 11.2. The largest absolute Gasteiger partial charge is 0.508 e. The summed E-state index contributed by atoms with van der Waals surface area (Å²) in [6.45, 7) is 2.13. The molecule has 3 aromatic rings. The van der Waals surface area contributed by atoms with Crippen LogP contribution in [-0.2, 0) is 0 Å². The van der Waals surface area contributed by atoms with Crippen molar-refractivity contribution in [3.8, 4) is 11.5 Å². The molecule has 0 atom stereocenters.